The Labute approximate surface area is 101 Å². The fourth-order valence-corrected chi connectivity index (χ4v) is 1.80. The summed E-state index contributed by atoms with van der Waals surface area (Å²) in [7, 11) is -3.07. The van der Waals surface area contributed by atoms with Crippen LogP contribution < -0.4 is 11.1 Å². The van der Waals surface area contributed by atoms with Gasteiger partial charge in [0, 0.05) is 18.5 Å². The molecular weight excluding hydrogens is 240 g/mol. The van der Waals surface area contributed by atoms with Gasteiger partial charge in [0.15, 0.2) is 0 Å². The molecule has 1 rings (SSSR count). The molecule has 0 fully saturated rings. The highest BCUT2D eigenvalue weighted by Crippen LogP contribution is 2.15. The number of sulfone groups is 1. The maximum atomic E-state index is 11.7. The lowest BCUT2D eigenvalue weighted by molar-refractivity contribution is 0.0957. The van der Waals surface area contributed by atoms with Gasteiger partial charge in [-0.05, 0) is 18.6 Å². The Hall–Kier alpha value is -1.56. The minimum Gasteiger partial charge on any atom is -0.398 e. The number of amides is 1. The van der Waals surface area contributed by atoms with E-state index in [1.807, 2.05) is 13.0 Å². The van der Waals surface area contributed by atoms with Crippen LogP contribution in [0.15, 0.2) is 18.2 Å². The number of nitrogen functional groups attached to an aromatic ring is 1. The van der Waals surface area contributed by atoms with Gasteiger partial charge in [0.2, 0.25) is 0 Å². The van der Waals surface area contributed by atoms with E-state index < -0.39 is 9.84 Å². The lowest BCUT2D eigenvalue weighted by Gasteiger charge is -2.08. The van der Waals surface area contributed by atoms with Crippen molar-refractivity contribution >= 4 is 21.4 Å². The molecule has 0 unspecified atom stereocenters. The summed E-state index contributed by atoms with van der Waals surface area (Å²) in [5.74, 6) is -0.431. The third kappa shape index (κ3) is 4.07. The molecule has 0 heterocycles. The van der Waals surface area contributed by atoms with Crippen molar-refractivity contribution in [1.82, 2.24) is 5.32 Å². The molecule has 0 aliphatic rings. The predicted molar refractivity (Wildman–Crippen MR) is 67.6 cm³/mol. The third-order valence-corrected chi connectivity index (χ3v) is 3.27. The summed E-state index contributed by atoms with van der Waals surface area (Å²) in [4.78, 5) is 11.7. The number of aryl methyl sites for hydroxylation is 1. The summed E-state index contributed by atoms with van der Waals surface area (Å²) in [6.45, 7) is 1.90. The summed E-state index contributed by atoms with van der Waals surface area (Å²) < 4.78 is 21.8. The number of rotatable bonds is 4. The van der Waals surface area contributed by atoms with Crippen LogP contribution in [0, 0.1) is 6.92 Å². The first-order valence-corrected chi connectivity index (χ1v) is 7.18. The molecule has 0 aliphatic heterocycles. The van der Waals surface area contributed by atoms with Crippen LogP contribution in [0.2, 0.25) is 0 Å². The monoisotopic (exact) mass is 256 g/mol. The molecule has 1 aromatic rings. The molecule has 0 aromatic heterocycles. The fourth-order valence-electron chi connectivity index (χ4n) is 1.32. The molecule has 0 aliphatic carbocycles. The number of benzene rings is 1. The third-order valence-electron chi connectivity index (χ3n) is 2.33. The largest absolute Gasteiger partial charge is 0.398 e. The minimum atomic E-state index is -3.07. The Balaban J connectivity index is 2.68. The van der Waals surface area contributed by atoms with Crippen LogP contribution in [-0.2, 0) is 9.84 Å². The van der Waals surface area contributed by atoms with Gasteiger partial charge in [-0.3, -0.25) is 4.79 Å². The van der Waals surface area contributed by atoms with E-state index in [-0.39, 0.29) is 18.2 Å². The summed E-state index contributed by atoms with van der Waals surface area (Å²) >= 11 is 0. The quantitative estimate of drug-likeness (QED) is 0.761. The first kappa shape index (κ1) is 13.5. The molecule has 0 bridgehead atoms. The van der Waals surface area contributed by atoms with Gasteiger partial charge in [0.1, 0.15) is 9.84 Å². The van der Waals surface area contributed by atoms with Crippen molar-refractivity contribution < 1.29 is 13.2 Å². The molecule has 0 spiro atoms. The number of nitrogens with one attached hydrogen (secondary N) is 1. The lowest BCUT2D eigenvalue weighted by atomic mass is 10.1. The van der Waals surface area contributed by atoms with Crippen LogP contribution in [0.5, 0.6) is 0 Å². The molecule has 0 saturated carbocycles. The van der Waals surface area contributed by atoms with Gasteiger partial charge >= 0.3 is 0 Å². The van der Waals surface area contributed by atoms with E-state index in [0.29, 0.717) is 11.3 Å². The van der Waals surface area contributed by atoms with Gasteiger partial charge in [-0.1, -0.05) is 12.1 Å². The Bertz CT molecular complexity index is 524. The highest BCUT2D eigenvalue weighted by molar-refractivity contribution is 7.90. The van der Waals surface area contributed by atoms with Gasteiger partial charge in [0.25, 0.3) is 5.91 Å². The van der Waals surface area contributed by atoms with Gasteiger partial charge in [-0.25, -0.2) is 8.42 Å². The van der Waals surface area contributed by atoms with Crippen molar-refractivity contribution in [3.63, 3.8) is 0 Å². The molecule has 1 amide bonds. The number of hydrogen-bond acceptors (Lipinski definition) is 4. The molecule has 0 saturated heterocycles. The highest BCUT2D eigenvalue weighted by atomic mass is 32.2. The summed E-state index contributed by atoms with van der Waals surface area (Å²) in [5, 5.41) is 2.53. The van der Waals surface area contributed by atoms with Gasteiger partial charge in [-0.15, -0.1) is 0 Å². The summed E-state index contributed by atoms with van der Waals surface area (Å²) in [5.41, 5.74) is 7.38. The average Bonchev–Trinajstić information content (AvgIpc) is 2.20. The second kappa shape index (κ2) is 5.18. The van der Waals surface area contributed by atoms with Crippen LogP contribution in [0.3, 0.4) is 0 Å². The zero-order valence-corrected chi connectivity index (χ0v) is 10.7. The van der Waals surface area contributed by atoms with E-state index in [4.69, 9.17) is 5.73 Å². The second-order valence-electron chi connectivity index (χ2n) is 3.92. The van der Waals surface area contributed by atoms with Crippen molar-refractivity contribution in [3.05, 3.63) is 29.3 Å². The van der Waals surface area contributed by atoms with Crippen LogP contribution in [0.25, 0.3) is 0 Å². The summed E-state index contributed by atoms with van der Waals surface area (Å²) in [6, 6.07) is 5.15. The Morgan fingerprint density at radius 1 is 1.41 bits per heavy atom. The number of carbonyl (C=O) groups excluding carboxylic acids is 1. The number of carbonyl (C=O) groups is 1. The van der Waals surface area contributed by atoms with E-state index in [2.05, 4.69) is 5.32 Å². The zero-order valence-electron chi connectivity index (χ0n) is 9.86. The van der Waals surface area contributed by atoms with Crippen molar-refractivity contribution in [1.29, 1.82) is 0 Å². The maximum Gasteiger partial charge on any atom is 0.253 e. The normalized spacial score (nSPS) is 11.2. The van der Waals surface area contributed by atoms with Crippen LogP contribution in [0.4, 0.5) is 5.69 Å². The van der Waals surface area contributed by atoms with E-state index in [1.54, 1.807) is 12.1 Å². The number of hydrogen-bond donors (Lipinski definition) is 2. The molecule has 0 atom stereocenters. The van der Waals surface area contributed by atoms with Crippen molar-refractivity contribution in [2.75, 3.05) is 24.3 Å². The Kier molecular flexibility index (Phi) is 4.11. The number of nitrogens with two attached hydrogens (primary N) is 1. The van der Waals surface area contributed by atoms with Gasteiger partial charge in [-0.2, -0.15) is 0 Å². The van der Waals surface area contributed by atoms with E-state index >= 15 is 0 Å². The van der Waals surface area contributed by atoms with Crippen LogP contribution in [-0.4, -0.2) is 32.9 Å². The van der Waals surface area contributed by atoms with E-state index in [0.717, 1.165) is 11.8 Å². The first-order valence-electron chi connectivity index (χ1n) is 5.12. The average molecular weight is 256 g/mol. The molecule has 6 heteroatoms. The Morgan fingerprint density at radius 3 is 2.65 bits per heavy atom. The molecular formula is C11H16N2O3S. The van der Waals surface area contributed by atoms with Crippen molar-refractivity contribution in [3.8, 4) is 0 Å². The van der Waals surface area contributed by atoms with Crippen LogP contribution >= 0.6 is 0 Å². The highest BCUT2D eigenvalue weighted by Gasteiger charge is 2.11. The fraction of sp³-hybridized carbons (Fsp3) is 0.364. The molecule has 0 radical (unpaired) electrons. The number of anilines is 1. The topological polar surface area (TPSA) is 89.3 Å². The lowest BCUT2D eigenvalue weighted by Crippen LogP contribution is -2.29. The second-order valence-corrected chi connectivity index (χ2v) is 6.18. The molecule has 17 heavy (non-hydrogen) atoms. The molecule has 94 valence electrons. The minimum absolute atomic E-state index is 0.0789. The van der Waals surface area contributed by atoms with Gasteiger partial charge < -0.3 is 11.1 Å². The first-order chi connectivity index (χ1) is 7.81. The Morgan fingerprint density at radius 2 is 2.06 bits per heavy atom. The van der Waals surface area contributed by atoms with Crippen LogP contribution in [0.1, 0.15) is 15.9 Å². The number of para-hydroxylation sites is 1. The van der Waals surface area contributed by atoms with Gasteiger partial charge in [0.05, 0.1) is 11.3 Å². The standard InChI is InChI=1S/C11H16N2O3S/c1-8-4-3-5-9(10(8)12)11(14)13-6-7-17(2,15)16/h3-5H,6-7,12H2,1-2H3,(H,13,14). The zero-order chi connectivity index (χ0) is 13.1. The van der Waals surface area contributed by atoms with E-state index in [1.165, 1.54) is 0 Å². The predicted octanol–water partition coefficient (Wildman–Crippen LogP) is 0.352. The molecule has 5 nitrogen and oxygen atoms in total. The maximum absolute atomic E-state index is 11.7. The smallest absolute Gasteiger partial charge is 0.253 e. The summed E-state index contributed by atoms with van der Waals surface area (Å²) in [6.07, 6.45) is 1.13. The molecule has 3 N–H and O–H groups in total. The molecule has 1 aromatic carbocycles. The van der Waals surface area contributed by atoms with Crippen molar-refractivity contribution in [2.45, 2.75) is 6.92 Å². The van der Waals surface area contributed by atoms with Crippen molar-refractivity contribution in [2.24, 2.45) is 0 Å². The SMILES string of the molecule is Cc1cccc(C(=O)NCCS(C)(=O)=O)c1N. The van der Waals surface area contributed by atoms with E-state index in [9.17, 15) is 13.2 Å².